The molecule has 1 aromatic heterocycles. The number of hydrogen-bond acceptors (Lipinski definition) is 6. The van der Waals surface area contributed by atoms with Crippen molar-refractivity contribution in [3.05, 3.63) is 100 Å². The zero-order valence-corrected chi connectivity index (χ0v) is 18.0. The van der Waals surface area contributed by atoms with Gasteiger partial charge < -0.3 is 5.11 Å². The number of nitrogens with zero attached hydrogens (tertiary/aromatic N) is 3. The average Bonchev–Trinajstić information content (AvgIpc) is 2.84. The summed E-state index contributed by atoms with van der Waals surface area (Å²) in [6, 6.07) is 22.3. The summed E-state index contributed by atoms with van der Waals surface area (Å²) in [4.78, 5) is 40.9. The Morgan fingerprint density at radius 1 is 1.00 bits per heavy atom. The van der Waals surface area contributed by atoms with Crippen LogP contribution in [0.4, 0.5) is 0 Å². The predicted octanol–water partition coefficient (Wildman–Crippen LogP) is 3.33. The van der Waals surface area contributed by atoms with Crippen molar-refractivity contribution in [3.63, 3.8) is 0 Å². The number of thioether (sulfide) groups is 1. The minimum Gasteiger partial charge on any atom is -0.478 e. The van der Waals surface area contributed by atoms with Gasteiger partial charge >= 0.3 is 5.97 Å². The lowest BCUT2D eigenvalue weighted by atomic mass is 10.1. The number of fused-ring (bicyclic) bond motifs is 1. The predicted molar refractivity (Wildman–Crippen MR) is 127 cm³/mol. The Labute approximate surface area is 192 Å². The van der Waals surface area contributed by atoms with Crippen molar-refractivity contribution >= 4 is 40.8 Å². The fraction of sp³-hybridized carbons (Fsp3) is 0.0417. The largest absolute Gasteiger partial charge is 0.478 e. The van der Waals surface area contributed by atoms with Crippen molar-refractivity contribution in [2.75, 3.05) is 5.75 Å². The first-order valence-electron chi connectivity index (χ1n) is 9.88. The smallest absolute Gasteiger partial charge is 0.335 e. The van der Waals surface area contributed by atoms with Gasteiger partial charge in [-0.3, -0.25) is 14.2 Å². The summed E-state index contributed by atoms with van der Waals surface area (Å²) >= 11 is 1.13. The van der Waals surface area contributed by atoms with Crippen molar-refractivity contribution in [1.29, 1.82) is 0 Å². The SMILES string of the molecule is O=C(CSc1nc2ccccc2c(=O)n1-c1ccccc1)N/N=C/c1ccc(C(=O)O)cc1. The third kappa shape index (κ3) is 5.16. The highest BCUT2D eigenvalue weighted by Gasteiger charge is 2.14. The normalized spacial score (nSPS) is 11.0. The average molecular weight is 458 g/mol. The molecule has 0 fully saturated rings. The third-order valence-corrected chi connectivity index (χ3v) is 5.59. The van der Waals surface area contributed by atoms with Crippen LogP contribution in [0, 0.1) is 0 Å². The van der Waals surface area contributed by atoms with Crippen molar-refractivity contribution in [2.24, 2.45) is 5.10 Å². The van der Waals surface area contributed by atoms with Gasteiger partial charge in [0.1, 0.15) is 0 Å². The van der Waals surface area contributed by atoms with Crippen LogP contribution in [0.5, 0.6) is 0 Å². The number of carboxylic acid groups (broad SMARTS) is 1. The second kappa shape index (κ2) is 9.92. The van der Waals surface area contributed by atoms with Crippen molar-refractivity contribution in [1.82, 2.24) is 15.0 Å². The Hall–Kier alpha value is -4.24. The number of aromatic carboxylic acids is 1. The van der Waals surface area contributed by atoms with Crippen molar-refractivity contribution in [2.45, 2.75) is 5.16 Å². The van der Waals surface area contributed by atoms with Crippen LogP contribution in [0.15, 0.2) is 93.9 Å². The molecule has 1 amide bonds. The maximum Gasteiger partial charge on any atom is 0.335 e. The van der Waals surface area contributed by atoms with E-state index in [0.717, 1.165) is 11.8 Å². The van der Waals surface area contributed by atoms with E-state index in [0.29, 0.717) is 27.3 Å². The van der Waals surface area contributed by atoms with E-state index in [1.807, 2.05) is 30.3 Å². The summed E-state index contributed by atoms with van der Waals surface area (Å²) in [5, 5.41) is 13.7. The summed E-state index contributed by atoms with van der Waals surface area (Å²) in [6.07, 6.45) is 1.42. The van der Waals surface area contributed by atoms with Crippen molar-refractivity contribution in [3.8, 4) is 5.69 Å². The van der Waals surface area contributed by atoms with Crippen molar-refractivity contribution < 1.29 is 14.7 Å². The Kier molecular flexibility index (Phi) is 6.61. The first-order chi connectivity index (χ1) is 16.0. The molecule has 4 aromatic rings. The lowest BCUT2D eigenvalue weighted by Crippen LogP contribution is -2.24. The highest BCUT2D eigenvalue weighted by Crippen LogP contribution is 2.21. The monoisotopic (exact) mass is 458 g/mol. The van der Waals surface area contributed by atoms with E-state index in [4.69, 9.17) is 5.11 Å². The van der Waals surface area contributed by atoms with Crippen LogP contribution < -0.4 is 11.0 Å². The molecule has 1 heterocycles. The van der Waals surface area contributed by atoms with Gasteiger partial charge in [-0.2, -0.15) is 5.10 Å². The van der Waals surface area contributed by atoms with Crippen LogP contribution >= 0.6 is 11.8 Å². The number of amides is 1. The number of aromatic nitrogens is 2. The molecule has 2 N–H and O–H groups in total. The zero-order valence-electron chi connectivity index (χ0n) is 17.2. The molecule has 0 bridgehead atoms. The molecule has 0 saturated carbocycles. The van der Waals surface area contributed by atoms with E-state index in [1.54, 1.807) is 36.4 Å². The van der Waals surface area contributed by atoms with E-state index < -0.39 is 5.97 Å². The Morgan fingerprint density at radius 2 is 1.70 bits per heavy atom. The quantitative estimate of drug-likeness (QED) is 0.190. The van der Waals surface area contributed by atoms with Crippen LogP contribution in [0.2, 0.25) is 0 Å². The van der Waals surface area contributed by atoms with Gasteiger partial charge in [0.15, 0.2) is 5.16 Å². The minimum absolute atomic E-state index is 0.00704. The lowest BCUT2D eigenvalue weighted by molar-refractivity contribution is -0.118. The first-order valence-corrected chi connectivity index (χ1v) is 10.9. The molecule has 0 atom stereocenters. The van der Waals surface area contributed by atoms with E-state index >= 15 is 0 Å². The molecule has 0 spiro atoms. The van der Waals surface area contributed by atoms with Gasteiger partial charge in [0, 0.05) is 0 Å². The molecule has 0 saturated heterocycles. The van der Waals surface area contributed by atoms with Gasteiger partial charge in [-0.05, 0) is 42.0 Å². The number of benzene rings is 3. The molecular formula is C24H18N4O4S. The summed E-state index contributed by atoms with van der Waals surface area (Å²) in [6.45, 7) is 0. The fourth-order valence-corrected chi connectivity index (χ4v) is 3.87. The highest BCUT2D eigenvalue weighted by molar-refractivity contribution is 7.99. The van der Waals surface area contributed by atoms with Crippen LogP contribution in [0.25, 0.3) is 16.6 Å². The van der Waals surface area contributed by atoms with Gasteiger partial charge in [-0.15, -0.1) is 0 Å². The molecule has 33 heavy (non-hydrogen) atoms. The molecular weight excluding hydrogens is 440 g/mol. The van der Waals surface area contributed by atoms with Crippen LogP contribution in [-0.4, -0.2) is 38.5 Å². The second-order valence-corrected chi connectivity index (χ2v) is 7.84. The van der Waals surface area contributed by atoms with Crippen LogP contribution in [0.1, 0.15) is 15.9 Å². The van der Waals surface area contributed by atoms with Crippen LogP contribution in [-0.2, 0) is 4.79 Å². The Morgan fingerprint density at radius 3 is 2.42 bits per heavy atom. The number of carbonyl (C=O) groups excluding carboxylic acids is 1. The fourth-order valence-electron chi connectivity index (χ4n) is 3.07. The zero-order chi connectivity index (χ0) is 23.2. The summed E-state index contributed by atoms with van der Waals surface area (Å²) in [5.74, 6) is -1.40. The summed E-state index contributed by atoms with van der Waals surface area (Å²) in [5.41, 5.74) is 4.24. The number of rotatable bonds is 7. The van der Waals surface area contributed by atoms with E-state index in [9.17, 15) is 14.4 Å². The topological polar surface area (TPSA) is 114 Å². The van der Waals surface area contributed by atoms with Gasteiger partial charge in [0.25, 0.3) is 11.5 Å². The molecule has 9 heteroatoms. The maximum atomic E-state index is 13.1. The first kappa shape index (κ1) is 22.0. The number of para-hydroxylation sites is 2. The number of nitrogens with one attached hydrogen (secondary N) is 1. The summed E-state index contributed by atoms with van der Waals surface area (Å²) < 4.78 is 1.49. The van der Waals surface area contributed by atoms with Gasteiger partial charge in [-0.1, -0.05) is 54.2 Å². The molecule has 0 radical (unpaired) electrons. The number of hydrazone groups is 1. The lowest BCUT2D eigenvalue weighted by Gasteiger charge is -2.12. The van der Waals surface area contributed by atoms with Gasteiger partial charge in [0.05, 0.1) is 34.1 Å². The molecule has 8 nitrogen and oxygen atoms in total. The molecule has 164 valence electrons. The van der Waals surface area contributed by atoms with Crippen LogP contribution in [0.3, 0.4) is 0 Å². The minimum atomic E-state index is -1.01. The molecule has 4 rings (SSSR count). The molecule has 0 aliphatic rings. The second-order valence-electron chi connectivity index (χ2n) is 6.90. The molecule has 0 aliphatic carbocycles. The molecule has 0 unspecified atom stereocenters. The number of hydrogen-bond donors (Lipinski definition) is 2. The third-order valence-electron chi connectivity index (χ3n) is 4.65. The van der Waals surface area contributed by atoms with Gasteiger partial charge in [-0.25, -0.2) is 15.2 Å². The van der Waals surface area contributed by atoms with E-state index in [-0.39, 0.29) is 22.8 Å². The maximum absolute atomic E-state index is 13.1. The Balaban J connectivity index is 1.50. The highest BCUT2D eigenvalue weighted by atomic mass is 32.2. The number of carbonyl (C=O) groups is 2. The molecule has 0 aliphatic heterocycles. The summed E-state index contributed by atoms with van der Waals surface area (Å²) in [7, 11) is 0. The molecule has 3 aromatic carbocycles. The Bertz CT molecular complexity index is 1400. The van der Waals surface area contributed by atoms with Gasteiger partial charge in [0.2, 0.25) is 0 Å². The standard InChI is InChI=1S/C24H18N4O4S/c29-21(27-25-14-16-10-12-17(13-11-16)23(31)32)15-33-24-26-20-9-5-4-8-19(20)22(30)28(24)18-6-2-1-3-7-18/h1-14H,15H2,(H,27,29)(H,31,32)/b25-14+. The van der Waals surface area contributed by atoms with E-state index in [2.05, 4.69) is 15.5 Å². The van der Waals surface area contributed by atoms with E-state index in [1.165, 1.54) is 22.9 Å². The number of carboxylic acids is 1.